The molecule has 26 heavy (non-hydrogen) atoms. The highest BCUT2D eigenvalue weighted by Crippen LogP contribution is 2.56. The van der Waals surface area contributed by atoms with Crippen LogP contribution in [0.15, 0.2) is 24.7 Å². The standard InChI is InChI=1S/C16H14F3N5O2/c1-25-14-10(6-20-15(23-14)26-2)12-7-24-13(22-12)8(3-4-21-24)9-5-11(9)16(17,18)19/h3-4,6-7,9,11H,5H2,1-2H3/t9-,11+/m1/s1. The number of halogens is 3. The van der Waals surface area contributed by atoms with E-state index in [0.717, 1.165) is 0 Å². The number of aromatic nitrogens is 5. The van der Waals surface area contributed by atoms with Crippen LogP contribution in [-0.4, -0.2) is 45.0 Å². The third-order valence-corrected chi connectivity index (χ3v) is 4.39. The fraction of sp³-hybridized carbons (Fsp3) is 0.375. The summed E-state index contributed by atoms with van der Waals surface area (Å²) in [5, 5.41) is 4.14. The van der Waals surface area contributed by atoms with Crippen molar-refractivity contribution >= 4 is 5.65 Å². The van der Waals surface area contributed by atoms with Crippen molar-refractivity contribution in [2.45, 2.75) is 18.5 Å². The lowest BCUT2D eigenvalue weighted by Crippen LogP contribution is -2.11. The van der Waals surface area contributed by atoms with Crippen LogP contribution in [0.3, 0.4) is 0 Å². The van der Waals surface area contributed by atoms with E-state index in [9.17, 15) is 13.2 Å². The highest BCUT2D eigenvalue weighted by Gasteiger charge is 2.56. The summed E-state index contributed by atoms with van der Waals surface area (Å²) in [6.45, 7) is 0. The molecule has 0 aliphatic heterocycles. The Bertz CT molecular complexity index is 972. The first kappa shape index (κ1) is 16.6. The number of nitrogens with zero attached hydrogens (tertiary/aromatic N) is 5. The molecule has 0 N–H and O–H groups in total. The van der Waals surface area contributed by atoms with Crippen molar-refractivity contribution in [2.75, 3.05) is 14.2 Å². The van der Waals surface area contributed by atoms with E-state index in [-0.39, 0.29) is 18.3 Å². The summed E-state index contributed by atoms with van der Waals surface area (Å²) in [7, 11) is 2.88. The van der Waals surface area contributed by atoms with Gasteiger partial charge in [-0.1, -0.05) is 0 Å². The van der Waals surface area contributed by atoms with Crippen molar-refractivity contribution in [1.29, 1.82) is 0 Å². The predicted molar refractivity (Wildman–Crippen MR) is 84.0 cm³/mol. The SMILES string of the molecule is COc1ncc(-c2cn3nccc([C@H]4C[C@@H]4C(F)(F)F)c3n2)c(OC)n1. The molecule has 0 amide bonds. The number of hydrogen-bond acceptors (Lipinski definition) is 6. The maximum atomic E-state index is 12.9. The molecule has 3 aromatic rings. The second-order valence-corrected chi connectivity index (χ2v) is 5.95. The Morgan fingerprint density at radius 1 is 1.19 bits per heavy atom. The van der Waals surface area contributed by atoms with Crippen LogP contribution in [0.4, 0.5) is 13.2 Å². The normalized spacial score (nSPS) is 19.6. The Morgan fingerprint density at radius 3 is 2.65 bits per heavy atom. The van der Waals surface area contributed by atoms with Gasteiger partial charge in [-0.05, 0) is 18.4 Å². The third-order valence-electron chi connectivity index (χ3n) is 4.39. The largest absolute Gasteiger partial charge is 0.480 e. The molecule has 1 aliphatic carbocycles. The predicted octanol–water partition coefficient (Wildman–Crippen LogP) is 2.87. The van der Waals surface area contributed by atoms with Gasteiger partial charge in [-0.15, -0.1) is 0 Å². The molecule has 7 nitrogen and oxygen atoms in total. The second kappa shape index (κ2) is 5.82. The number of hydrogen-bond donors (Lipinski definition) is 0. The molecule has 0 spiro atoms. The van der Waals surface area contributed by atoms with Gasteiger partial charge in [-0.2, -0.15) is 23.3 Å². The molecule has 1 fully saturated rings. The molecule has 136 valence electrons. The summed E-state index contributed by atoms with van der Waals surface area (Å²) in [6.07, 6.45) is 0.439. The minimum absolute atomic E-state index is 0.0698. The zero-order valence-corrected chi connectivity index (χ0v) is 13.9. The quantitative estimate of drug-likeness (QED) is 0.708. The number of fused-ring (bicyclic) bond motifs is 1. The van der Waals surface area contributed by atoms with Gasteiger partial charge in [0.1, 0.15) is 0 Å². The average molecular weight is 365 g/mol. The Balaban J connectivity index is 1.77. The smallest absolute Gasteiger partial charge is 0.392 e. The first-order valence-electron chi connectivity index (χ1n) is 7.78. The average Bonchev–Trinajstić information content (AvgIpc) is 3.32. The molecule has 0 bridgehead atoms. The summed E-state index contributed by atoms with van der Waals surface area (Å²) in [6, 6.07) is 1.73. The highest BCUT2D eigenvalue weighted by atomic mass is 19.4. The van der Waals surface area contributed by atoms with E-state index in [1.165, 1.54) is 31.1 Å². The molecule has 1 aliphatic rings. The Labute approximate surface area is 145 Å². The summed E-state index contributed by atoms with van der Waals surface area (Å²) in [5.74, 6) is -1.67. The van der Waals surface area contributed by atoms with E-state index in [1.54, 1.807) is 12.3 Å². The minimum atomic E-state index is -4.20. The van der Waals surface area contributed by atoms with Crippen molar-refractivity contribution in [3.8, 4) is 23.1 Å². The highest BCUT2D eigenvalue weighted by molar-refractivity contribution is 5.68. The molecule has 2 atom stereocenters. The maximum absolute atomic E-state index is 12.9. The lowest BCUT2D eigenvalue weighted by Gasteiger charge is -2.06. The van der Waals surface area contributed by atoms with Crippen LogP contribution in [0.2, 0.25) is 0 Å². The third kappa shape index (κ3) is 2.71. The summed E-state index contributed by atoms with van der Waals surface area (Å²) in [4.78, 5) is 12.6. The molecule has 0 radical (unpaired) electrons. The van der Waals surface area contributed by atoms with Gasteiger partial charge in [0.15, 0.2) is 5.65 Å². The summed E-state index contributed by atoms with van der Waals surface area (Å²) < 4.78 is 50.4. The van der Waals surface area contributed by atoms with E-state index in [4.69, 9.17) is 9.47 Å². The van der Waals surface area contributed by atoms with Gasteiger partial charge in [0.05, 0.1) is 37.6 Å². The van der Waals surface area contributed by atoms with Crippen molar-refractivity contribution < 1.29 is 22.6 Å². The first-order valence-corrected chi connectivity index (χ1v) is 7.78. The van der Waals surface area contributed by atoms with E-state index in [2.05, 4.69) is 20.1 Å². The van der Waals surface area contributed by atoms with E-state index >= 15 is 0 Å². The van der Waals surface area contributed by atoms with E-state index in [1.807, 2.05) is 0 Å². The van der Waals surface area contributed by atoms with Crippen LogP contribution in [0.5, 0.6) is 11.9 Å². The fourth-order valence-electron chi connectivity index (χ4n) is 3.02. The number of alkyl halides is 3. The lowest BCUT2D eigenvalue weighted by atomic mass is 10.1. The molecule has 4 rings (SSSR count). The van der Waals surface area contributed by atoms with Gasteiger partial charge < -0.3 is 9.47 Å². The van der Waals surface area contributed by atoms with Crippen molar-refractivity contribution in [3.05, 3.63) is 30.2 Å². The van der Waals surface area contributed by atoms with E-state index in [0.29, 0.717) is 22.5 Å². The van der Waals surface area contributed by atoms with Gasteiger partial charge in [0, 0.05) is 18.0 Å². The molecule has 3 heterocycles. The van der Waals surface area contributed by atoms with Gasteiger partial charge in [0.2, 0.25) is 5.88 Å². The maximum Gasteiger partial charge on any atom is 0.392 e. The molecule has 0 saturated heterocycles. The zero-order valence-electron chi connectivity index (χ0n) is 13.9. The molecular weight excluding hydrogens is 351 g/mol. The number of ether oxygens (including phenoxy) is 2. The topological polar surface area (TPSA) is 74.4 Å². The molecule has 1 saturated carbocycles. The fourth-order valence-corrected chi connectivity index (χ4v) is 3.02. The Hall–Kier alpha value is -2.91. The van der Waals surface area contributed by atoms with Gasteiger partial charge in [-0.25, -0.2) is 14.5 Å². The van der Waals surface area contributed by atoms with Crippen LogP contribution in [-0.2, 0) is 0 Å². The summed E-state index contributed by atoms with van der Waals surface area (Å²) in [5.41, 5.74) is 1.86. The van der Waals surface area contributed by atoms with Gasteiger partial charge >= 0.3 is 12.2 Å². The Morgan fingerprint density at radius 2 is 2.00 bits per heavy atom. The molecular formula is C16H14F3N5O2. The van der Waals surface area contributed by atoms with Gasteiger partial charge in [-0.3, -0.25) is 0 Å². The van der Waals surface area contributed by atoms with Crippen LogP contribution in [0.1, 0.15) is 17.9 Å². The molecule has 0 aromatic carbocycles. The van der Waals surface area contributed by atoms with Crippen LogP contribution in [0.25, 0.3) is 16.9 Å². The zero-order chi connectivity index (χ0) is 18.5. The van der Waals surface area contributed by atoms with Crippen LogP contribution in [0, 0.1) is 5.92 Å². The summed E-state index contributed by atoms with van der Waals surface area (Å²) >= 11 is 0. The molecule has 10 heteroatoms. The Kier molecular flexibility index (Phi) is 3.70. The van der Waals surface area contributed by atoms with Crippen molar-refractivity contribution in [1.82, 2.24) is 24.6 Å². The number of imidazole rings is 1. The van der Waals surface area contributed by atoms with Crippen LogP contribution >= 0.6 is 0 Å². The monoisotopic (exact) mass is 365 g/mol. The van der Waals surface area contributed by atoms with Crippen LogP contribution < -0.4 is 9.47 Å². The van der Waals surface area contributed by atoms with Crippen molar-refractivity contribution in [3.63, 3.8) is 0 Å². The number of rotatable bonds is 4. The number of methoxy groups -OCH3 is 2. The lowest BCUT2D eigenvalue weighted by molar-refractivity contribution is -0.148. The molecule has 0 unspecified atom stereocenters. The second-order valence-electron chi connectivity index (χ2n) is 5.95. The molecule has 3 aromatic heterocycles. The van der Waals surface area contributed by atoms with E-state index < -0.39 is 18.0 Å². The first-order chi connectivity index (χ1) is 12.4. The van der Waals surface area contributed by atoms with Crippen molar-refractivity contribution in [2.24, 2.45) is 5.92 Å². The minimum Gasteiger partial charge on any atom is -0.480 e. The van der Waals surface area contributed by atoms with Gasteiger partial charge in [0.25, 0.3) is 0 Å².